The zero-order valence-corrected chi connectivity index (χ0v) is 12.0. The van der Waals surface area contributed by atoms with E-state index in [2.05, 4.69) is 24.3 Å². The highest BCUT2D eigenvalue weighted by molar-refractivity contribution is 6.26. The highest BCUT2D eigenvalue weighted by Gasteiger charge is 2.13. The first-order chi connectivity index (χ1) is 10.8. The molecule has 0 unspecified atom stereocenters. The van der Waals surface area contributed by atoms with Gasteiger partial charge in [-0.2, -0.15) is 0 Å². The molecule has 0 heterocycles. The Balaban J connectivity index is 2.16. The van der Waals surface area contributed by atoms with Crippen LogP contribution in [0.1, 0.15) is 10.4 Å². The second-order valence-electron chi connectivity index (χ2n) is 5.40. The van der Waals surface area contributed by atoms with Crippen molar-refractivity contribution in [3.8, 4) is 5.75 Å². The Morgan fingerprint density at radius 1 is 0.864 bits per heavy atom. The zero-order chi connectivity index (χ0) is 15.1. The van der Waals surface area contributed by atoms with Gasteiger partial charge in [0.05, 0.1) is 0 Å². The summed E-state index contributed by atoms with van der Waals surface area (Å²) in [4.78, 5) is 11.3. The number of hydrogen-bond donors (Lipinski definition) is 1. The van der Waals surface area contributed by atoms with Crippen LogP contribution in [0.25, 0.3) is 32.3 Å². The fourth-order valence-electron chi connectivity index (χ4n) is 3.19. The van der Waals surface area contributed by atoms with Crippen molar-refractivity contribution < 1.29 is 9.53 Å². The molecule has 0 aliphatic rings. The Morgan fingerprint density at radius 3 is 2.23 bits per heavy atom. The molecule has 0 amide bonds. The average Bonchev–Trinajstić information content (AvgIpc) is 2.58. The predicted molar refractivity (Wildman–Crippen MR) is 90.1 cm³/mol. The van der Waals surface area contributed by atoms with Gasteiger partial charge in [0.15, 0.2) is 6.29 Å². The lowest BCUT2D eigenvalue weighted by atomic mass is 9.92. The maximum absolute atomic E-state index is 11.3. The predicted octanol–water partition coefficient (Wildman–Crippen LogP) is 3.73. The lowest BCUT2D eigenvalue weighted by molar-refractivity contribution is 0.112. The van der Waals surface area contributed by atoms with Crippen molar-refractivity contribution in [1.82, 2.24) is 0 Å². The van der Waals surface area contributed by atoms with Gasteiger partial charge in [-0.15, -0.1) is 0 Å². The molecule has 0 aliphatic carbocycles. The van der Waals surface area contributed by atoms with Crippen LogP contribution in [0.5, 0.6) is 5.75 Å². The number of rotatable bonds is 4. The van der Waals surface area contributed by atoms with Crippen molar-refractivity contribution in [2.75, 3.05) is 13.2 Å². The van der Waals surface area contributed by atoms with Gasteiger partial charge in [-0.1, -0.05) is 36.4 Å². The van der Waals surface area contributed by atoms with Gasteiger partial charge in [0.2, 0.25) is 0 Å². The first kappa shape index (κ1) is 13.0. The van der Waals surface area contributed by atoms with Crippen molar-refractivity contribution in [1.29, 1.82) is 0 Å². The maximum atomic E-state index is 11.3. The van der Waals surface area contributed by atoms with Gasteiger partial charge in [-0.25, -0.2) is 0 Å². The van der Waals surface area contributed by atoms with Crippen LogP contribution in [0.4, 0.5) is 0 Å². The molecule has 0 fully saturated rings. The first-order valence-electron chi connectivity index (χ1n) is 7.32. The van der Waals surface area contributed by atoms with Gasteiger partial charge < -0.3 is 10.5 Å². The number of hydrogen-bond acceptors (Lipinski definition) is 3. The van der Waals surface area contributed by atoms with Crippen LogP contribution in [0.2, 0.25) is 0 Å². The van der Waals surface area contributed by atoms with E-state index in [0.717, 1.165) is 49.9 Å². The summed E-state index contributed by atoms with van der Waals surface area (Å²) < 4.78 is 5.77. The minimum atomic E-state index is 0.483. The molecule has 3 heteroatoms. The Bertz CT molecular complexity index is 991. The van der Waals surface area contributed by atoms with Gasteiger partial charge in [0.25, 0.3) is 0 Å². The monoisotopic (exact) mass is 289 g/mol. The first-order valence-corrected chi connectivity index (χ1v) is 7.32. The van der Waals surface area contributed by atoms with E-state index in [9.17, 15) is 4.79 Å². The van der Waals surface area contributed by atoms with Crippen molar-refractivity contribution in [3.63, 3.8) is 0 Å². The summed E-state index contributed by atoms with van der Waals surface area (Å²) >= 11 is 0. The molecule has 0 spiro atoms. The topological polar surface area (TPSA) is 52.3 Å². The number of ether oxygens (including phenoxy) is 1. The van der Waals surface area contributed by atoms with Crippen LogP contribution in [0.3, 0.4) is 0 Å². The summed E-state index contributed by atoms with van der Waals surface area (Å²) in [5.41, 5.74) is 6.26. The molecule has 4 rings (SSSR count). The Labute approximate surface area is 127 Å². The lowest BCUT2D eigenvalue weighted by Crippen LogP contribution is -2.10. The second kappa shape index (κ2) is 4.97. The number of benzene rings is 4. The zero-order valence-electron chi connectivity index (χ0n) is 12.0. The molecule has 0 radical (unpaired) electrons. The minimum Gasteiger partial charge on any atom is -0.492 e. The SMILES string of the molecule is NCCOc1ccc2ccc3c(C=O)ccc4ccc1c2c43. The van der Waals surface area contributed by atoms with Gasteiger partial charge in [-0.05, 0) is 33.7 Å². The van der Waals surface area contributed by atoms with Crippen molar-refractivity contribution in [2.24, 2.45) is 5.73 Å². The smallest absolute Gasteiger partial charge is 0.150 e. The summed E-state index contributed by atoms with van der Waals surface area (Å²) in [6.45, 7) is 0.973. The largest absolute Gasteiger partial charge is 0.492 e. The third-order valence-electron chi connectivity index (χ3n) is 4.16. The normalized spacial score (nSPS) is 11.5. The van der Waals surface area contributed by atoms with E-state index < -0.39 is 0 Å². The number of nitrogens with two attached hydrogens (primary N) is 1. The summed E-state index contributed by atoms with van der Waals surface area (Å²) in [5, 5.41) is 6.60. The summed E-state index contributed by atoms with van der Waals surface area (Å²) in [5.74, 6) is 0.837. The third-order valence-corrected chi connectivity index (χ3v) is 4.16. The van der Waals surface area contributed by atoms with Crippen LogP contribution in [-0.4, -0.2) is 19.4 Å². The Hall–Kier alpha value is -2.65. The van der Waals surface area contributed by atoms with Gasteiger partial charge in [0.1, 0.15) is 12.4 Å². The second-order valence-corrected chi connectivity index (χ2v) is 5.40. The average molecular weight is 289 g/mol. The van der Waals surface area contributed by atoms with Gasteiger partial charge in [0, 0.05) is 22.9 Å². The molecule has 0 atom stereocenters. The van der Waals surface area contributed by atoms with Crippen LogP contribution in [0, 0.1) is 0 Å². The lowest BCUT2D eigenvalue weighted by Gasteiger charge is -2.15. The summed E-state index contributed by atoms with van der Waals surface area (Å²) in [7, 11) is 0. The van der Waals surface area contributed by atoms with E-state index in [0.29, 0.717) is 13.2 Å². The molecule has 108 valence electrons. The molecular formula is C19H15NO2. The molecule has 0 saturated carbocycles. The molecular weight excluding hydrogens is 274 g/mol. The Morgan fingerprint density at radius 2 is 1.50 bits per heavy atom. The van der Waals surface area contributed by atoms with E-state index in [1.165, 1.54) is 0 Å². The van der Waals surface area contributed by atoms with Crippen LogP contribution in [0.15, 0.2) is 48.5 Å². The fraction of sp³-hybridized carbons (Fsp3) is 0.105. The highest BCUT2D eigenvalue weighted by atomic mass is 16.5. The van der Waals surface area contributed by atoms with Crippen molar-refractivity contribution >= 4 is 38.6 Å². The Kier molecular flexibility index (Phi) is 2.94. The highest BCUT2D eigenvalue weighted by Crippen LogP contribution is 2.39. The molecule has 0 aromatic heterocycles. The number of carbonyl (C=O) groups is 1. The van der Waals surface area contributed by atoms with E-state index in [1.54, 1.807) is 0 Å². The van der Waals surface area contributed by atoms with Gasteiger partial charge >= 0.3 is 0 Å². The molecule has 4 aromatic rings. The molecule has 2 N–H and O–H groups in total. The molecule has 22 heavy (non-hydrogen) atoms. The van der Waals surface area contributed by atoms with E-state index in [1.807, 2.05) is 24.3 Å². The van der Waals surface area contributed by atoms with Crippen LogP contribution < -0.4 is 10.5 Å². The van der Waals surface area contributed by atoms with Gasteiger partial charge in [-0.3, -0.25) is 4.79 Å². The molecule has 4 aromatic carbocycles. The standard InChI is InChI=1S/C19H15NO2/c20-9-10-22-17-8-5-13-3-6-15-14(11-21)2-1-12-4-7-16(17)19(13)18(12)15/h1-8,11H,9-10,20H2. The van der Waals surface area contributed by atoms with E-state index in [4.69, 9.17) is 10.5 Å². The number of aldehydes is 1. The third kappa shape index (κ3) is 1.76. The van der Waals surface area contributed by atoms with Crippen molar-refractivity contribution in [3.05, 3.63) is 54.1 Å². The summed E-state index contributed by atoms with van der Waals surface area (Å²) in [6, 6.07) is 16.2. The quantitative estimate of drug-likeness (QED) is 0.460. The maximum Gasteiger partial charge on any atom is 0.150 e. The van der Waals surface area contributed by atoms with Crippen LogP contribution in [-0.2, 0) is 0 Å². The molecule has 0 bridgehead atoms. The molecule has 3 nitrogen and oxygen atoms in total. The minimum absolute atomic E-state index is 0.483. The number of carbonyl (C=O) groups excluding carboxylic acids is 1. The van der Waals surface area contributed by atoms with Crippen molar-refractivity contribution in [2.45, 2.75) is 0 Å². The molecule has 0 aliphatic heterocycles. The molecule has 0 saturated heterocycles. The fourth-order valence-corrected chi connectivity index (χ4v) is 3.19. The summed E-state index contributed by atoms with van der Waals surface area (Å²) in [6.07, 6.45) is 0.914. The van der Waals surface area contributed by atoms with E-state index >= 15 is 0 Å². The van der Waals surface area contributed by atoms with Crippen LogP contribution >= 0.6 is 0 Å². The van der Waals surface area contributed by atoms with E-state index in [-0.39, 0.29) is 0 Å².